The highest BCUT2D eigenvalue weighted by Gasteiger charge is 2.13. The fourth-order valence-corrected chi connectivity index (χ4v) is 1.55. The molecule has 0 bridgehead atoms. The Kier molecular flexibility index (Phi) is 5.82. The molecular formula is C11H15ClN2O2. The maximum Gasteiger partial charge on any atom is 0.270 e. The first kappa shape index (κ1) is 12.9. The van der Waals surface area contributed by atoms with Crippen LogP contribution in [0.25, 0.3) is 0 Å². The number of nitrogens with one attached hydrogen (secondary N) is 1. The fourth-order valence-electron chi connectivity index (χ4n) is 1.29. The van der Waals surface area contributed by atoms with E-state index in [0.29, 0.717) is 24.6 Å². The van der Waals surface area contributed by atoms with Gasteiger partial charge >= 0.3 is 0 Å². The van der Waals surface area contributed by atoms with Crippen LogP contribution in [0.3, 0.4) is 0 Å². The Morgan fingerprint density at radius 3 is 3.00 bits per heavy atom. The van der Waals surface area contributed by atoms with Gasteiger partial charge in [-0.3, -0.25) is 9.78 Å². The van der Waals surface area contributed by atoms with Crippen molar-refractivity contribution in [3.05, 3.63) is 30.1 Å². The lowest BCUT2D eigenvalue weighted by molar-refractivity contribution is 0.0890. The minimum atomic E-state index is -0.201. The van der Waals surface area contributed by atoms with E-state index in [-0.39, 0.29) is 11.9 Å². The van der Waals surface area contributed by atoms with Crippen LogP contribution in [0.15, 0.2) is 24.4 Å². The second-order valence-corrected chi connectivity index (χ2v) is 3.70. The molecule has 1 aromatic heterocycles. The zero-order valence-corrected chi connectivity index (χ0v) is 9.91. The molecule has 0 aliphatic carbocycles. The zero-order valence-electron chi connectivity index (χ0n) is 9.15. The molecule has 0 aliphatic heterocycles. The highest BCUT2D eigenvalue weighted by molar-refractivity contribution is 6.17. The highest BCUT2D eigenvalue weighted by atomic mass is 35.5. The summed E-state index contributed by atoms with van der Waals surface area (Å²) in [5, 5.41) is 2.82. The molecule has 1 amide bonds. The van der Waals surface area contributed by atoms with Gasteiger partial charge in [-0.15, -0.1) is 11.6 Å². The van der Waals surface area contributed by atoms with Crippen molar-refractivity contribution in [2.45, 2.75) is 12.5 Å². The summed E-state index contributed by atoms with van der Waals surface area (Å²) in [6, 6.07) is 5.13. The Bertz CT molecular complexity index is 313. The van der Waals surface area contributed by atoms with Gasteiger partial charge in [0.2, 0.25) is 0 Å². The van der Waals surface area contributed by atoms with E-state index in [2.05, 4.69) is 10.3 Å². The summed E-state index contributed by atoms with van der Waals surface area (Å²) >= 11 is 5.64. The Morgan fingerprint density at radius 1 is 1.62 bits per heavy atom. The van der Waals surface area contributed by atoms with Crippen molar-refractivity contribution in [3.63, 3.8) is 0 Å². The van der Waals surface area contributed by atoms with E-state index in [4.69, 9.17) is 16.3 Å². The first-order valence-electron chi connectivity index (χ1n) is 5.04. The normalized spacial score (nSPS) is 12.1. The SMILES string of the molecule is COCC(CCCl)NC(=O)c1ccccn1. The molecule has 0 radical (unpaired) electrons. The summed E-state index contributed by atoms with van der Waals surface area (Å²) in [5.41, 5.74) is 0.401. The molecule has 0 fully saturated rings. The Balaban J connectivity index is 2.54. The minimum absolute atomic E-state index is 0.0722. The van der Waals surface area contributed by atoms with E-state index in [1.54, 1.807) is 31.5 Å². The lowest BCUT2D eigenvalue weighted by Crippen LogP contribution is -2.38. The van der Waals surface area contributed by atoms with Crippen molar-refractivity contribution >= 4 is 17.5 Å². The van der Waals surface area contributed by atoms with Crippen LogP contribution < -0.4 is 5.32 Å². The summed E-state index contributed by atoms with van der Waals surface area (Å²) in [5.74, 6) is 0.282. The molecule has 0 saturated heterocycles. The Hall–Kier alpha value is -1.13. The number of halogens is 1. The number of carbonyl (C=O) groups is 1. The zero-order chi connectivity index (χ0) is 11.8. The predicted octanol–water partition coefficient (Wildman–Crippen LogP) is 1.46. The van der Waals surface area contributed by atoms with Crippen molar-refractivity contribution in [2.75, 3.05) is 19.6 Å². The van der Waals surface area contributed by atoms with Gasteiger partial charge in [0.05, 0.1) is 12.6 Å². The van der Waals surface area contributed by atoms with Crippen molar-refractivity contribution in [3.8, 4) is 0 Å². The maximum atomic E-state index is 11.7. The van der Waals surface area contributed by atoms with Crippen LogP contribution >= 0.6 is 11.6 Å². The lowest BCUT2D eigenvalue weighted by Gasteiger charge is -2.16. The van der Waals surface area contributed by atoms with Gasteiger partial charge in [-0.1, -0.05) is 6.07 Å². The third kappa shape index (κ3) is 4.16. The number of ether oxygens (including phenoxy) is 1. The number of rotatable bonds is 6. The van der Waals surface area contributed by atoms with Crippen LogP contribution in [-0.2, 0) is 4.74 Å². The molecule has 0 saturated carbocycles. The second kappa shape index (κ2) is 7.19. The lowest BCUT2D eigenvalue weighted by atomic mass is 10.2. The Morgan fingerprint density at radius 2 is 2.44 bits per heavy atom. The number of aromatic nitrogens is 1. The highest BCUT2D eigenvalue weighted by Crippen LogP contribution is 1.99. The van der Waals surface area contributed by atoms with Crippen LogP contribution in [0.2, 0.25) is 0 Å². The van der Waals surface area contributed by atoms with Crippen molar-refractivity contribution in [1.29, 1.82) is 0 Å². The van der Waals surface area contributed by atoms with Crippen LogP contribution in [0.1, 0.15) is 16.9 Å². The summed E-state index contributed by atoms with van der Waals surface area (Å²) < 4.78 is 5.00. The largest absolute Gasteiger partial charge is 0.383 e. The summed E-state index contributed by atoms with van der Waals surface area (Å²) in [4.78, 5) is 15.7. The molecule has 1 heterocycles. The van der Waals surface area contributed by atoms with E-state index in [0.717, 1.165) is 0 Å². The van der Waals surface area contributed by atoms with Crippen molar-refractivity contribution in [2.24, 2.45) is 0 Å². The fraction of sp³-hybridized carbons (Fsp3) is 0.455. The van der Waals surface area contributed by atoms with Crippen LogP contribution in [0.4, 0.5) is 0 Å². The topological polar surface area (TPSA) is 51.2 Å². The number of hydrogen-bond donors (Lipinski definition) is 1. The molecule has 88 valence electrons. The van der Waals surface area contributed by atoms with Crippen molar-refractivity contribution < 1.29 is 9.53 Å². The maximum absolute atomic E-state index is 11.7. The van der Waals surface area contributed by atoms with E-state index < -0.39 is 0 Å². The molecule has 1 atom stereocenters. The minimum Gasteiger partial charge on any atom is -0.383 e. The second-order valence-electron chi connectivity index (χ2n) is 3.32. The van der Waals surface area contributed by atoms with Crippen LogP contribution in [0, 0.1) is 0 Å². The van der Waals surface area contributed by atoms with Gasteiger partial charge in [0.25, 0.3) is 5.91 Å². The van der Waals surface area contributed by atoms with Gasteiger partial charge in [0.15, 0.2) is 0 Å². The first-order valence-corrected chi connectivity index (χ1v) is 5.58. The van der Waals surface area contributed by atoms with E-state index >= 15 is 0 Å². The van der Waals surface area contributed by atoms with Gasteiger partial charge in [-0.05, 0) is 18.6 Å². The molecule has 1 unspecified atom stereocenters. The number of hydrogen-bond acceptors (Lipinski definition) is 3. The number of nitrogens with zero attached hydrogens (tertiary/aromatic N) is 1. The molecule has 1 rings (SSSR count). The average Bonchev–Trinajstić information content (AvgIpc) is 2.31. The molecule has 1 N–H and O–H groups in total. The number of amides is 1. The van der Waals surface area contributed by atoms with Gasteiger partial charge in [0.1, 0.15) is 5.69 Å². The molecule has 0 spiro atoms. The monoisotopic (exact) mass is 242 g/mol. The number of alkyl halides is 1. The van der Waals surface area contributed by atoms with Crippen LogP contribution in [0.5, 0.6) is 0 Å². The summed E-state index contributed by atoms with van der Waals surface area (Å²) in [6.07, 6.45) is 2.26. The molecular weight excluding hydrogens is 228 g/mol. The number of pyridine rings is 1. The summed E-state index contributed by atoms with van der Waals surface area (Å²) in [6.45, 7) is 0.450. The summed E-state index contributed by atoms with van der Waals surface area (Å²) in [7, 11) is 1.59. The standard InChI is InChI=1S/C11H15ClN2O2/c1-16-8-9(5-6-12)14-11(15)10-4-2-3-7-13-10/h2-4,7,9H,5-6,8H2,1H3,(H,14,15). The van der Waals surface area contributed by atoms with E-state index in [1.807, 2.05) is 0 Å². The average molecular weight is 243 g/mol. The van der Waals surface area contributed by atoms with Gasteiger partial charge in [-0.2, -0.15) is 0 Å². The van der Waals surface area contributed by atoms with Gasteiger partial charge < -0.3 is 10.1 Å². The molecule has 0 aliphatic rings. The van der Waals surface area contributed by atoms with Gasteiger partial charge in [0, 0.05) is 19.2 Å². The molecule has 16 heavy (non-hydrogen) atoms. The Labute approximate surface area is 100.0 Å². The smallest absolute Gasteiger partial charge is 0.270 e. The third-order valence-corrected chi connectivity index (χ3v) is 2.28. The quantitative estimate of drug-likeness (QED) is 0.769. The molecule has 1 aromatic rings. The molecule has 5 heteroatoms. The first-order chi connectivity index (χ1) is 7.77. The van der Waals surface area contributed by atoms with Crippen molar-refractivity contribution in [1.82, 2.24) is 10.3 Å². The van der Waals surface area contributed by atoms with Gasteiger partial charge in [-0.25, -0.2) is 0 Å². The van der Waals surface area contributed by atoms with Crippen LogP contribution in [-0.4, -0.2) is 36.5 Å². The molecule has 0 aromatic carbocycles. The molecule has 4 nitrogen and oxygen atoms in total. The van der Waals surface area contributed by atoms with E-state index in [9.17, 15) is 4.79 Å². The number of carbonyl (C=O) groups excluding carboxylic acids is 1. The predicted molar refractivity (Wildman–Crippen MR) is 62.7 cm³/mol. The third-order valence-electron chi connectivity index (χ3n) is 2.06. The van der Waals surface area contributed by atoms with E-state index in [1.165, 1.54) is 0 Å². The number of methoxy groups -OCH3 is 1.